The first-order valence-corrected chi connectivity index (χ1v) is 6.25. The highest BCUT2D eigenvalue weighted by atomic mass is 32.1. The number of thiophene rings is 1. The summed E-state index contributed by atoms with van der Waals surface area (Å²) in [6.07, 6.45) is 0. The molecule has 0 aliphatic carbocycles. The quantitative estimate of drug-likeness (QED) is 0.728. The van der Waals surface area contributed by atoms with E-state index in [0.717, 1.165) is 5.69 Å². The third-order valence-electron chi connectivity index (χ3n) is 2.54. The highest BCUT2D eigenvalue weighted by Gasteiger charge is 2.16. The summed E-state index contributed by atoms with van der Waals surface area (Å²) in [6, 6.07) is 12.5. The van der Waals surface area contributed by atoms with Crippen molar-refractivity contribution < 1.29 is 0 Å². The minimum Gasteiger partial charge on any atom is -0.399 e. The van der Waals surface area contributed by atoms with E-state index < -0.39 is 0 Å². The third-order valence-corrected chi connectivity index (χ3v) is 4.10. The molecule has 1 aromatic carbocycles. The molecule has 84 valence electrons. The molecule has 0 unspecified atom stereocenters. The zero-order valence-corrected chi connectivity index (χ0v) is 10.8. The lowest BCUT2D eigenvalue weighted by molar-refractivity contribution is 0.604. The molecule has 2 rings (SSSR count). The summed E-state index contributed by atoms with van der Waals surface area (Å²) in [4.78, 5) is 2.73. The molecule has 0 atom stereocenters. The van der Waals surface area contributed by atoms with Crippen LogP contribution in [0, 0.1) is 0 Å². The smallest absolute Gasteiger partial charge is 0.0345 e. The van der Waals surface area contributed by atoms with Crippen LogP contribution in [0.1, 0.15) is 25.6 Å². The van der Waals surface area contributed by atoms with Crippen LogP contribution in [0.5, 0.6) is 0 Å². The molecule has 0 spiro atoms. The van der Waals surface area contributed by atoms with Gasteiger partial charge in [-0.1, -0.05) is 32.9 Å². The van der Waals surface area contributed by atoms with E-state index in [9.17, 15) is 0 Å². The number of benzene rings is 1. The SMILES string of the molecule is CC(C)(C)c1ccc(-c2ccc(N)cc2)s1. The van der Waals surface area contributed by atoms with Gasteiger partial charge in [-0.3, -0.25) is 0 Å². The van der Waals surface area contributed by atoms with Gasteiger partial charge in [-0.05, 0) is 35.2 Å². The van der Waals surface area contributed by atoms with Crippen LogP contribution >= 0.6 is 11.3 Å². The molecule has 1 aromatic heterocycles. The van der Waals surface area contributed by atoms with Crippen LogP contribution in [0.2, 0.25) is 0 Å². The Morgan fingerprint density at radius 3 is 2.06 bits per heavy atom. The number of anilines is 1. The van der Waals surface area contributed by atoms with Gasteiger partial charge in [0.25, 0.3) is 0 Å². The highest BCUT2D eigenvalue weighted by molar-refractivity contribution is 7.15. The van der Waals surface area contributed by atoms with Crippen molar-refractivity contribution in [3.05, 3.63) is 41.3 Å². The monoisotopic (exact) mass is 231 g/mol. The van der Waals surface area contributed by atoms with Gasteiger partial charge in [0.1, 0.15) is 0 Å². The molecule has 0 aliphatic rings. The van der Waals surface area contributed by atoms with Crippen molar-refractivity contribution in [2.75, 3.05) is 5.73 Å². The van der Waals surface area contributed by atoms with Gasteiger partial charge in [-0.15, -0.1) is 11.3 Å². The van der Waals surface area contributed by atoms with Crippen LogP contribution in [0.4, 0.5) is 5.69 Å². The summed E-state index contributed by atoms with van der Waals surface area (Å²) < 4.78 is 0. The van der Waals surface area contributed by atoms with Gasteiger partial charge < -0.3 is 5.73 Å². The largest absolute Gasteiger partial charge is 0.399 e. The van der Waals surface area contributed by atoms with Gasteiger partial charge in [0, 0.05) is 15.4 Å². The number of nitrogen functional groups attached to an aromatic ring is 1. The normalized spacial score (nSPS) is 11.7. The summed E-state index contributed by atoms with van der Waals surface area (Å²) >= 11 is 1.86. The second-order valence-electron chi connectivity index (χ2n) is 5.04. The van der Waals surface area contributed by atoms with Gasteiger partial charge in [0.15, 0.2) is 0 Å². The molecular formula is C14H17NS. The molecule has 1 nitrogen and oxygen atoms in total. The Balaban J connectivity index is 2.35. The van der Waals surface area contributed by atoms with E-state index in [4.69, 9.17) is 5.73 Å². The van der Waals surface area contributed by atoms with Crippen LogP contribution in [-0.4, -0.2) is 0 Å². The van der Waals surface area contributed by atoms with Crippen molar-refractivity contribution in [3.63, 3.8) is 0 Å². The predicted molar refractivity (Wildman–Crippen MR) is 72.9 cm³/mol. The van der Waals surface area contributed by atoms with Gasteiger partial charge in [-0.2, -0.15) is 0 Å². The molecule has 2 aromatic rings. The minimum atomic E-state index is 0.233. The molecule has 0 radical (unpaired) electrons. The van der Waals surface area contributed by atoms with E-state index in [1.54, 1.807) is 0 Å². The molecule has 0 saturated carbocycles. The zero-order chi connectivity index (χ0) is 11.8. The molecule has 0 fully saturated rings. The lowest BCUT2D eigenvalue weighted by Gasteiger charge is -2.15. The molecule has 0 amide bonds. The van der Waals surface area contributed by atoms with Crippen LogP contribution in [-0.2, 0) is 5.41 Å². The van der Waals surface area contributed by atoms with Crippen LogP contribution < -0.4 is 5.73 Å². The van der Waals surface area contributed by atoms with E-state index >= 15 is 0 Å². The van der Waals surface area contributed by atoms with E-state index in [1.807, 2.05) is 23.5 Å². The molecule has 0 saturated heterocycles. The first-order valence-electron chi connectivity index (χ1n) is 5.43. The van der Waals surface area contributed by atoms with E-state index in [0.29, 0.717) is 0 Å². The lowest BCUT2D eigenvalue weighted by atomic mass is 9.95. The molecule has 2 heteroatoms. The lowest BCUT2D eigenvalue weighted by Crippen LogP contribution is -2.07. The number of hydrogen-bond acceptors (Lipinski definition) is 2. The first-order chi connectivity index (χ1) is 7.47. The van der Waals surface area contributed by atoms with Crippen molar-refractivity contribution in [3.8, 4) is 10.4 Å². The Kier molecular flexibility index (Phi) is 2.76. The Morgan fingerprint density at radius 1 is 0.938 bits per heavy atom. The topological polar surface area (TPSA) is 26.0 Å². The molecule has 0 aliphatic heterocycles. The maximum Gasteiger partial charge on any atom is 0.0345 e. The Hall–Kier alpha value is -1.28. The highest BCUT2D eigenvalue weighted by Crippen LogP contribution is 2.34. The Morgan fingerprint density at radius 2 is 1.56 bits per heavy atom. The average Bonchev–Trinajstić information content (AvgIpc) is 2.67. The summed E-state index contributed by atoms with van der Waals surface area (Å²) in [5.41, 5.74) is 7.98. The van der Waals surface area contributed by atoms with Crippen molar-refractivity contribution >= 4 is 17.0 Å². The third kappa shape index (κ3) is 2.27. The molecule has 2 N–H and O–H groups in total. The van der Waals surface area contributed by atoms with Crippen molar-refractivity contribution in [1.82, 2.24) is 0 Å². The standard InChI is InChI=1S/C14H17NS/c1-14(2,3)13-9-8-12(16-13)10-4-6-11(15)7-5-10/h4-9H,15H2,1-3H3. The van der Waals surface area contributed by atoms with Crippen molar-refractivity contribution in [1.29, 1.82) is 0 Å². The van der Waals surface area contributed by atoms with E-state index in [1.165, 1.54) is 15.3 Å². The molecule has 0 bridgehead atoms. The molecule has 16 heavy (non-hydrogen) atoms. The van der Waals surface area contributed by atoms with Crippen LogP contribution in [0.25, 0.3) is 10.4 Å². The predicted octanol–water partition coefficient (Wildman–Crippen LogP) is 4.29. The maximum atomic E-state index is 5.68. The van der Waals surface area contributed by atoms with Gasteiger partial charge >= 0.3 is 0 Å². The van der Waals surface area contributed by atoms with Crippen molar-refractivity contribution in [2.24, 2.45) is 0 Å². The number of rotatable bonds is 1. The Bertz CT molecular complexity index is 474. The summed E-state index contributed by atoms with van der Waals surface area (Å²) in [6.45, 7) is 6.72. The van der Waals surface area contributed by atoms with Gasteiger partial charge in [-0.25, -0.2) is 0 Å². The van der Waals surface area contributed by atoms with E-state index in [2.05, 4.69) is 45.0 Å². The summed E-state index contributed by atoms with van der Waals surface area (Å²) in [5.74, 6) is 0. The fourth-order valence-electron chi connectivity index (χ4n) is 1.54. The second-order valence-corrected chi connectivity index (χ2v) is 6.12. The average molecular weight is 231 g/mol. The zero-order valence-electron chi connectivity index (χ0n) is 9.95. The van der Waals surface area contributed by atoms with Crippen LogP contribution in [0.3, 0.4) is 0 Å². The fourth-order valence-corrected chi connectivity index (χ4v) is 2.61. The molecule has 1 heterocycles. The van der Waals surface area contributed by atoms with Crippen molar-refractivity contribution in [2.45, 2.75) is 26.2 Å². The Labute approximate surface area is 101 Å². The van der Waals surface area contributed by atoms with Crippen LogP contribution in [0.15, 0.2) is 36.4 Å². The first kappa shape index (κ1) is 11.2. The van der Waals surface area contributed by atoms with E-state index in [-0.39, 0.29) is 5.41 Å². The molecular weight excluding hydrogens is 214 g/mol. The van der Waals surface area contributed by atoms with Gasteiger partial charge in [0.05, 0.1) is 0 Å². The van der Waals surface area contributed by atoms with Gasteiger partial charge in [0.2, 0.25) is 0 Å². The number of nitrogens with two attached hydrogens (primary N) is 1. The fraction of sp³-hybridized carbons (Fsp3) is 0.286. The number of hydrogen-bond donors (Lipinski definition) is 1. The summed E-state index contributed by atoms with van der Waals surface area (Å²) in [5, 5.41) is 0. The second kappa shape index (κ2) is 3.95. The summed E-state index contributed by atoms with van der Waals surface area (Å²) in [7, 11) is 0. The maximum absolute atomic E-state index is 5.68. The minimum absolute atomic E-state index is 0.233.